The van der Waals surface area contributed by atoms with Gasteiger partial charge in [0, 0.05) is 17.3 Å². The first kappa shape index (κ1) is 28.4. The van der Waals surface area contributed by atoms with Crippen molar-refractivity contribution < 1.29 is 23.5 Å². The van der Waals surface area contributed by atoms with Gasteiger partial charge in [-0.05, 0) is 55.4 Å². The molecule has 0 aliphatic carbocycles. The van der Waals surface area contributed by atoms with Gasteiger partial charge < -0.3 is 9.63 Å². The summed E-state index contributed by atoms with van der Waals surface area (Å²) in [5, 5.41) is 10.8. The lowest BCUT2D eigenvalue weighted by Gasteiger charge is -2.28. The second-order valence-electron chi connectivity index (χ2n) is 10.5. The first-order valence-electron chi connectivity index (χ1n) is 11.2. The summed E-state index contributed by atoms with van der Waals surface area (Å²) < 4.78 is 23.5. The molecule has 0 bridgehead atoms. The number of rotatable bonds is 9. The molecule has 0 fully saturated rings. The van der Waals surface area contributed by atoms with E-state index >= 15 is 0 Å². The molecular weight excluding hydrogens is 423 g/mol. The fraction of sp³-hybridized carbons (Fsp3) is 0.577. The highest BCUT2D eigenvalue weighted by atomic mass is 31.2. The van der Waals surface area contributed by atoms with Crippen molar-refractivity contribution in [1.82, 2.24) is 0 Å². The van der Waals surface area contributed by atoms with Crippen LogP contribution < -0.4 is 0 Å². The van der Waals surface area contributed by atoms with Gasteiger partial charge in [-0.3, -0.25) is 13.9 Å². The van der Waals surface area contributed by atoms with E-state index in [0.29, 0.717) is 5.75 Å². The van der Waals surface area contributed by atoms with Crippen molar-refractivity contribution >= 4 is 19.5 Å². The molecule has 180 valence electrons. The van der Waals surface area contributed by atoms with Crippen molar-refractivity contribution in [1.29, 1.82) is 0 Å². The lowest BCUT2D eigenvalue weighted by Crippen LogP contribution is -2.33. The molecule has 0 saturated carbocycles. The zero-order valence-electron chi connectivity index (χ0n) is 21.4. The molecule has 0 aromatic heterocycles. The fourth-order valence-electron chi connectivity index (χ4n) is 3.18. The molecule has 1 aromatic rings. The third-order valence-corrected chi connectivity index (χ3v) is 7.23. The molecule has 1 unspecified atom stereocenters. The number of hydrogen-bond donors (Lipinski definition) is 1. The highest BCUT2D eigenvalue weighted by Crippen LogP contribution is 2.51. The third-order valence-electron chi connectivity index (χ3n) is 5.07. The van der Waals surface area contributed by atoms with Crippen LogP contribution in [0.4, 0.5) is 0 Å². The average molecular weight is 465 g/mol. The monoisotopic (exact) mass is 464 g/mol. The van der Waals surface area contributed by atoms with E-state index in [1.807, 2.05) is 18.2 Å². The molecule has 0 aliphatic rings. The van der Waals surface area contributed by atoms with Crippen LogP contribution in [0.15, 0.2) is 30.4 Å². The van der Waals surface area contributed by atoms with Gasteiger partial charge in [0.1, 0.15) is 11.4 Å². The summed E-state index contributed by atoms with van der Waals surface area (Å²) in [6.07, 6.45) is 6.94. The van der Waals surface area contributed by atoms with Crippen LogP contribution in [0.3, 0.4) is 0 Å². The Hall–Kier alpha value is -1.68. The van der Waals surface area contributed by atoms with Crippen molar-refractivity contribution in [2.45, 2.75) is 85.7 Å². The van der Waals surface area contributed by atoms with Crippen LogP contribution >= 0.6 is 7.60 Å². The van der Waals surface area contributed by atoms with Gasteiger partial charge in [0.2, 0.25) is 0 Å². The minimum atomic E-state index is -3.31. The van der Waals surface area contributed by atoms with Gasteiger partial charge in [0.25, 0.3) is 0 Å². The predicted molar refractivity (Wildman–Crippen MR) is 134 cm³/mol. The van der Waals surface area contributed by atoms with E-state index in [1.165, 1.54) is 6.08 Å². The molecule has 1 aromatic carbocycles. The number of ketones is 1. The maximum Gasteiger partial charge on any atom is 0.331 e. The molecule has 0 saturated heterocycles. The zero-order chi connectivity index (χ0) is 25.0. The molecular formula is C26H41O5P. The largest absolute Gasteiger partial charge is 0.507 e. The summed E-state index contributed by atoms with van der Waals surface area (Å²) in [5.74, 6) is 0.0356. The smallest absolute Gasteiger partial charge is 0.331 e. The summed E-state index contributed by atoms with van der Waals surface area (Å²) in [7, 11) is -3.31. The normalized spacial score (nSPS) is 15.4. The van der Waals surface area contributed by atoms with E-state index < -0.39 is 13.2 Å². The Morgan fingerprint density at radius 3 is 1.88 bits per heavy atom. The van der Waals surface area contributed by atoms with Gasteiger partial charge in [0.05, 0.1) is 6.61 Å². The van der Waals surface area contributed by atoms with Crippen LogP contribution in [0.1, 0.15) is 85.9 Å². The van der Waals surface area contributed by atoms with Gasteiger partial charge in [-0.1, -0.05) is 66.7 Å². The lowest BCUT2D eigenvalue weighted by molar-refractivity contribution is -0.127. The molecule has 0 aliphatic heterocycles. The molecule has 1 atom stereocenters. The number of benzene rings is 1. The summed E-state index contributed by atoms with van der Waals surface area (Å²) in [6, 6.07) is 3.95. The Bertz CT molecular complexity index is 876. The first-order chi connectivity index (χ1) is 14.5. The lowest BCUT2D eigenvalue weighted by atomic mass is 9.78. The van der Waals surface area contributed by atoms with Crippen molar-refractivity contribution in [2.24, 2.45) is 0 Å². The number of phenolic OH excluding ortho intramolecular Hbond substituents is 1. The minimum absolute atomic E-state index is 0.203. The number of hydrogen-bond acceptors (Lipinski definition) is 5. The van der Waals surface area contributed by atoms with E-state index in [4.69, 9.17) is 9.05 Å². The summed E-state index contributed by atoms with van der Waals surface area (Å²) >= 11 is 0. The highest BCUT2D eigenvalue weighted by Gasteiger charge is 2.36. The highest BCUT2D eigenvalue weighted by molar-refractivity contribution is 7.53. The van der Waals surface area contributed by atoms with E-state index in [1.54, 1.807) is 39.8 Å². The first-order valence-corrected chi connectivity index (χ1v) is 12.9. The quantitative estimate of drug-likeness (QED) is 0.238. The molecule has 0 heterocycles. The molecule has 5 nitrogen and oxygen atoms in total. The SMILES string of the molecule is CCOP(=O)(CC)OC(C)(C)C(=O)C=CC=Cc1cc(C(C)(C)C)c(O)c(C(C)(C)C)c1. The fourth-order valence-corrected chi connectivity index (χ4v) is 4.72. The number of carbonyl (C=O) groups is 1. The van der Waals surface area contributed by atoms with Gasteiger partial charge >= 0.3 is 7.60 Å². The molecule has 32 heavy (non-hydrogen) atoms. The van der Waals surface area contributed by atoms with Crippen LogP contribution in [-0.2, 0) is 29.2 Å². The minimum Gasteiger partial charge on any atom is -0.507 e. The van der Waals surface area contributed by atoms with Crippen molar-refractivity contribution in [3.63, 3.8) is 0 Å². The van der Waals surface area contributed by atoms with Gasteiger partial charge in [-0.25, -0.2) is 0 Å². The number of phenols is 1. The Kier molecular flexibility index (Phi) is 9.30. The number of aromatic hydroxyl groups is 1. The average Bonchev–Trinajstić information content (AvgIpc) is 2.63. The van der Waals surface area contributed by atoms with Gasteiger partial charge in [-0.15, -0.1) is 0 Å². The molecule has 0 spiro atoms. The second kappa shape index (κ2) is 10.5. The predicted octanol–water partition coefficient (Wildman–Crippen LogP) is 7.17. The zero-order valence-corrected chi connectivity index (χ0v) is 22.3. The van der Waals surface area contributed by atoms with Crippen LogP contribution in [0.5, 0.6) is 5.75 Å². The Labute approximate surface area is 194 Å². The van der Waals surface area contributed by atoms with Crippen molar-refractivity contribution in [3.05, 3.63) is 47.1 Å². The molecule has 1 N–H and O–H groups in total. The van der Waals surface area contributed by atoms with E-state index in [-0.39, 0.29) is 29.4 Å². The van der Waals surface area contributed by atoms with Gasteiger partial charge in [-0.2, -0.15) is 0 Å². The summed E-state index contributed by atoms with van der Waals surface area (Å²) in [4.78, 5) is 12.6. The maximum absolute atomic E-state index is 12.6. The van der Waals surface area contributed by atoms with Crippen LogP contribution in [0.25, 0.3) is 6.08 Å². The Morgan fingerprint density at radius 2 is 1.47 bits per heavy atom. The Morgan fingerprint density at radius 1 is 0.969 bits per heavy atom. The topological polar surface area (TPSA) is 72.8 Å². The molecule has 0 amide bonds. The Balaban J connectivity index is 3.14. The van der Waals surface area contributed by atoms with E-state index in [2.05, 4.69) is 41.5 Å². The second-order valence-corrected chi connectivity index (χ2v) is 12.8. The maximum atomic E-state index is 12.6. The van der Waals surface area contributed by atoms with Crippen molar-refractivity contribution in [3.8, 4) is 5.75 Å². The van der Waals surface area contributed by atoms with Crippen LogP contribution in [-0.4, -0.2) is 29.3 Å². The number of carbonyl (C=O) groups excluding carboxylic acids is 1. The molecule has 6 heteroatoms. The van der Waals surface area contributed by atoms with E-state index in [9.17, 15) is 14.5 Å². The van der Waals surface area contributed by atoms with Crippen LogP contribution in [0, 0.1) is 0 Å². The molecule has 1 rings (SSSR count). The summed E-state index contributed by atoms with van der Waals surface area (Å²) in [6.45, 7) is 19.3. The van der Waals surface area contributed by atoms with Crippen LogP contribution in [0.2, 0.25) is 0 Å². The number of allylic oxidation sites excluding steroid dienone is 2. The standard InChI is InChI=1S/C26H41O5P/c1-11-30-32(29,12-2)31-26(9,10)22(27)16-14-13-15-19-17-20(24(3,4)5)23(28)21(18-19)25(6,7)8/h13-18,28H,11-12H2,1-10H3. The summed E-state index contributed by atoms with van der Waals surface area (Å²) in [5.41, 5.74) is 1.01. The van der Waals surface area contributed by atoms with Gasteiger partial charge in [0.15, 0.2) is 5.78 Å². The molecule has 0 radical (unpaired) electrons. The van der Waals surface area contributed by atoms with E-state index in [0.717, 1.165) is 16.7 Å². The van der Waals surface area contributed by atoms with Crippen molar-refractivity contribution in [2.75, 3.05) is 12.8 Å². The third kappa shape index (κ3) is 7.72.